The van der Waals surface area contributed by atoms with Crippen molar-refractivity contribution in [2.45, 2.75) is 20.8 Å². The summed E-state index contributed by atoms with van der Waals surface area (Å²) in [6.45, 7) is 8.52. The molecule has 182 valence electrons. The Kier molecular flexibility index (Phi) is 8.90. The maximum atomic E-state index is 12.8. The summed E-state index contributed by atoms with van der Waals surface area (Å²) in [5, 5.41) is 3.44. The van der Waals surface area contributed by atoms with Gasteiger partial charge >= 0.3 is 0 Å². The van der Waals surface area contributed by atoms with Crippen LogP contribution in [0, 0.1) is 6.92 Å². The monoisotopic (exact) mass is 487 g/mol. The molecule has 0 saturated carbocycles. The number of benzene rings is 2. The number of fused-ring (bicyclic) bond motifs is 1. The molecule has 3 rings (SSSR count). The number of hydrogen-bond acceptors (Lipinski definition) is 6. The van der Waals surface area contributed by atoms with Crippen molar-refractivity contribution >= 4 is 34.9 Å². The van der Waals surface area contributed by atoms with Gasteiger partial charge in [-0.15, -0.1) is 0 Å². The number of aryl methyl sites for hydroxylation is 1. The second-order valence-corrected chi connectivity index (χ2v) is 8.39. The predicted molar refractivity (Wildman–Crippen MR) is 131 cm³/mol. The van der Waals surface area contributed by atoms with Gasteiger partial charge in [0.05, 0.1) is 5.69 Å². The summed E-state index contributed by atoms with van der Waals surface area (Å²) in [4.78, 5) is 41.3. The number of nitrogens with one attached hydrogen (secondary N) is 1. The average molecular weight is 488 g/mol. The minimum absolute atomic E-state index is 0.147. The van der Waals surface area contributed by atoms with E-state index in [1.54, 1.807) is 36.4 Å². The number of carbonyl (C=O) groups is 3. The van der Waals surface area contributed by atoms with Crippen molar-refractivity contribution in [3.8, 4) is 11.5 Å². The smallest absolute Gasteiger partial charge is 0.265 e. The van der Waals surface area contributed by atoms with Crippen LogP contribution in [0.25, 0.3) is 0 Å². The summed E-state index contributed by atoms with van der Waals surface area (Å²) in [6, 6.07) is 9.99. The fourth-order valence-corrected chi connectivity index (χ4v) is 3.87. The number of halogens is 1. The Bertz CT molecular complexity index is 1050. The molecule has 0 radical (unpaired) electrons. The van der Waals surface area contributed by atoms with Crippen LogP contribution in [0.5, 0.6) is 11.5 Å². The summed E-state index contributed by atoms with van der Waals surface area (Å²) < 4.78 is 11.2. The Balaban J connectivity index is 1.66. The lowest BCUT2D eigenvalue weighted by Crippen LogP contribution is -2.46. The van der Waals surface area contributed by atoms with Crippen LogP contribution in [0.1, 0.15) is 29.8 Å². The number of anilines is 1. The van der Waals surface area contributed by atoms with Gasteiger partial charge in [0.2, 0.25) is 5.91 Å². The number of nitrogens with zero attached hydrogens (tertiary/aromatic N) is 2. The van der Waals surface area contributed by atoms with E-state index < -0.39 is 0 Å². The molecule has 1 heterocycles. The van der Waals surface area contributed by atoms with Gasteiger partial charge in [0.15, 0.2) is 19.0 Å². The summed E-state index contributed by atoms with van der Waals surface area (Å²) in [5.41, 5.74) is 1.57. The third-order valence-corrected chi connectivity index (χ3v) is 5.90. The molecule has 2 aromatic rings. The second kappa shape index (κ2) is 11.9. The van der Waals surface area contributed by atoms with Crippen LogP contribution in [0.15, 0.2) is 36.4 Å². The normalized spacial score (nSPS) is 12.9. The Morgan fingerprint density at radius 3 is 2.65 bits per heavy atom. The zero-order valence-corrected chi connectivity index (χ0v) is 20.5. The molecule has 0 unspecified atom stereocenters. The first-order valence-corrected chi connectivity index (χ1v) is 11.7. The van der Waals surface area contributed by atoms with Gasteiger partial charge in [0.1, 0.15) is 18.0 Å². The molecule has 1 N–H and O–H groups in total. The summed E-state index contributed by atoms with van der Waals surface area (Å²) in [5.74, 6) is 0.133. The number of ketones is 1. The molecule has 0 spiro atoms. The zero-order chi connectivity index (χ0) is 24.7. The van der Waals surface area contributed by atoms with Crippen LogP contribution in [-0.2, 0) is 9.59 Å². The van der Waals surface area contributed by atoms with Gasteiger partial charge < -0.3 is 19.7 Å². The molecule has 2 aromatic carbocycles. The lowest BCUT2D eigenvalue weighted by molar-refractivity contribution is -0.125. The number of hydrogen-bond donors (Lipinski definition) is 1. The third-order valence-electron chi connectivity index (χ3n) is 5.67. The number of Topliss-reactive ketones (excluding diaryl/α,β-unsaturated/α-hetero) is 1. The fourth-order valence-electron chi connectivity index (χ4n) is 3.64. The van der Waals surface area contributed by atoms with E-state index in [-0.39, 0.29) is 37.4 Å². The SMILES string of the molecule is CCN(CC)CCNC(=O)CN1C(=O)COc2ccc(C(=O)COc3ccc(Cl)cc3C)cc21. The number of ether oxygens (including phenoxy) is 2. The summed E-state index contributed by atoms with van der Waals surface area (Å²) in [6.07, 6.45) is 0. The maximum absolute atomic E-state index is 12.8. The van der Waals surface area contributed by atoms with Crippen molar-refractivity contribution in [3.63, 3.8) is 0 Å². The first-order chi connectivity index (χ1) is 16.3. The highest BCUT2D eigenvalue weighted by Gasteiger charge is 2.28. The summed E-state index contributed by atoms with van der Waals surface area (Å²) in [7, 11) is 0. The van der Waals surface area contributed by atoms with E-state index in [1.165, 1.54) is 4.90 Å². The lowest BCUT2D eigenvalue weighted by Gasteiger charge is -2.29. The van der Waals surface area contributed by atoms with Crippen LogP contribution in [-0.4, -0.2) is 68.4 Å². The van der Waals surface area contributed by atoms with Crippen molar-refractivity contribution in [2.24, 2.45) is 0 Å². The van der Waals surface area contributed by atoms with E-state index in [9.17, 15) is 14.4 Å². The third kappa shape index (κ3) is 6.48. The predicted octanol–water partition coefficient (Wildman–Crippen LogP) is 3.09. The topological polar surface area (TPSA) is 88.2 Å². The van der Waals surface area contributed by atoms with Gasteiger partial charge in [-0.05, 0) is 62.0 Å². The Morgan fingerprint density at radius 2 is 1.94 bits per heavy atom. The van der Waals surface area contributed by atoms with Gasteiger partial charge in [-0.2, -0.15) is 0 Å². The molecule has 0 bridgehead atoms. The number of rotatable bonds is 11. The molecule has 9 heteroatoms. The molecule has 1 aliphatic heterocycles. The fraction of sp³-hybridized carbons (Fsp3) is 0.400. The summed E-state index contributed by atoms with van der Waals surface area (Å²) >= 11 is 5.96. The highest BCUT2D eigenvalue weighted by atomic mass is 35.5. The van der Waals surface area contributed by atoms with Crippen LogP contribution in [0.4, 0.5) is 5.69 Å². The van der Waals surface area contributed by atoms with Crippen molar-refractivity contribution in [2.75, 3.05) is 50.8 Å². The van der Waals surface area contributed by atoms with E-state index in [0.717, 1.165) is 25.2 Å². The number of carbonyl (C=O) groups excluding carboxylic acids is 3. The highest BCUT2D eigenvalue weighted by molar-refractivity contribution is 6.30. The molecular formula is C25H30ClN3O5. The first-order valence-electron chi connectivity index (χ1n) is 11.3. The largest absolute Gasteiger partial charge is 0.485 e. The number of amides is 2. The van der Waals surface area contributed by atoms with Gasteiger partial charge in [0.25, 0.3) is 5.91 Å². The molecule has 0 aromatic heterocycles. The molecule has 0 fully saturated rings. The van der Waals surface area contributed by atoms with Gasteiger partial charge in [-0.1, -0.05) is 25.4 Å². The Labute approximate surface area is 204 Å². The van der Waals surface area contributed by atoms with E-state index in [2.05, 4.69) is 24.1 Å². The molecule has 0 saturated heterocycles. The zero-order valence-electron chi connectivity index (χ0n) is 19.7. The van der Waals surface area contributed by atoms with Crippen molar-refractivity contribution in [1.29, 1.82) is 0 Å². The average Bonchev–Trinajstić information content (AvgIpc) is 2.82. The van der Waals surface area contributed by atoms with E-state index in [4.69, 9.17) is 21.1 Å². The van der Waals surface area contributed by atoms with Gasteiger partial charge in [-0.3, -0.25) is 19.3 Å². The molecule has 34 heavy (non-hydrogen) atoms. The van der Waals surface area contributed by atoms with Crippen molar-refractivity contribution in [1.82, 2.24) is 10.2 Å². The van der Waals surface area contributed by atoms with Gasteiger partial charge in [0, 0.05) is 23.7 Å². The quantitative estimate of drug-likeness (QED) is 0.490. The molecule has 0 atom stereocenters. The van der Waals surface area contributed by atoms with E-state index in [0.29, 0.717) is 34.3 Å². The Hall–Kier alpha value is -3.10. The first kappa shape index (κ1) is 25.5. The van der Waals surface area contributed by atoms with Crippen molar-refractivity contribution in [3.05, 3.63) is 52.5 Å². The van der Waals surface area contributed by atoms with Crippen LogP contribution < -0.4 is 19.7 Å². The molecular weight excluding hydrogens is 458 g/mol. The van der Waals surface area contributed by atoms with Crippen LogP contribution in [0.2, 0.25) is 5.02 Å². The number of likely N-dealkylation sites (N-methyl/N-ethyl adjacent to an activating group) is 1. The lowest BCUT2D eigenvalue weighted by atomic mass is 10.1. The van der Waals surface area contributed by atoms with E-state index >= 15 is 0 Å². The highest BCUT2D eigenvalue weighted by Crippen LogP contribution is 2.33. The standard InChI is InChI=1S/C25H30ClN3O5/c1-4-28(5-2)11-10-27-24(31)14-29-20-13-18(6-8-23(20)34-16-25(29)32)21(30)15-33-22-9-7-19(26)12-17(22)3/h6-9,12-13H,4-5,10-11,14-16H2,1-3H3,(H,27,31). The maximum Gasteiger partial charge on any atom is 0.265 e. The second-order valence-electron chi connectivity index (χ2n) is 7.95. The molecule has 8 nitrogen and oxygen atoms in total. The minimum Gasteiger partial charge on any atom is -0.485 e. The van der Waals surface area contributed by atoms with Crippen molar-refractivity contribution < 1.29 is 23.9 Å². The van der Waals surface area contributed by atoms with Gasteiger partial charge in [-0.25, -0.2) is 0 Å². The van der Waals surface area contributed by atoms with E-state index in [1.807, 2.05) is 6.92 Å². The minimum atomic E-state index is -0.343. The van der Waals surface area contributed by atoms with Crippen LogP contribution in [0.3, 0.4) is 0 Å². The van der Waals surface area contributed by atoms with Crippen LogP contribution >= 0.6 is 11.6 Å². The molecule has 1 aliphatic rings. The molecule has 2 amide bonds. The Morgan fingerprint density at radius 1 is 1.18 bits per heavy atom. The molecule has 0 aliphatic carbocycles.